The van der Waals surface area contributed by atoms with Gasteiger partial charge in [0.2, 0.25) is 0 Å². The van der Waals surface area contributed by atoms with E-state index in [4.69, 9.17) is 9.47 Å². The van der Waals surface area contributed by atoms with E-state index >= 15 is 0 Å². The van der Waals surface area contributed by atoms with Crippen molar-refractivity contribution in [2.45, 2.75) is 51.2 Å². The van der Waals surface area contributed by atoms with Gasteiger partial charge in [-0.25, -0.2) is 0 Å². The first-order chi connectivity index (χ1) is 8.26. The first kappa shape index (κ1) is 14.4. The molecule has 0 aromatic rings. The van der Waals surface area contributed by atoms with Crippen LogP contribution in [-0.4, -0.2) is 38.0 Å². The zero-order valence-corrected chi connectivity index (χ0v) is 11.0. The number of rotatable bonds is 8. The molecule has 4 heteroatoms. The second kappa shape index (κ2) is 7.65. The van der Waals surface area contributed by atoms with Crippen LogP contribution in [0.5, 0.6) is 0 Å². The van der Waals surface area contributed by atoms with E-state index in [0.717, 1.165) is 38.8 Å². The zero-order valence-electron chi connectivity index (χ0n) is 11.0. The predicted octanol–water partition coefficient (Wildman–Crippen LogP) is 1.85. The Hall–Kier alpha value is -0.630. The molecule has 1 saturated carbocycles. The van der Waals surface area contributed by atoms with E-state index in [1.54, 1.807) is 0 Å². The van der Waals surface area contributed by atoms with Crippen LogP contribution in [-0.2, 0) is 9.47 Å². The molecule has 1 aliphatic carbocycles. The highest BCUT2D eigenvalue weighted by Gasteiger charge is 2.39. The molecule has 1 aliphatic rings. The molecule has 1 rings (SSSR count). The maximum Gasteiger partial charge on any atom is 0.109 e. The van der Waals surface area contributed by atoms with Gasteiger partial charge in [-0.05, 0) is 25.8 Å². The first-order valence-corrected chi connectivity index (χ1v) is 6.62. The lowest BCUT2D eigenvalue weighted by Gasteiger charge is -2.21. The second-order valence-electron chi connectivity index (χ2n) is 4.57. The molecule has 1 N–H and O–H groups in total. The molecule has 17 heavy (non-hydrogen) atoms. The van der Waals surface area contributed by atoms with Gasteiger partial charge in [0.25, 0.3) is 0 Å². The lowest BCUT2D eigenvalue weighted by molar-refractivity contribution is 0.00612. The Morgan fingerprint density at radius 2 is 2.18 bits per heavy atom. The van der Waals surface area contributed by atoms with Gasteiger partial charge in [0.1, 0.15) is 5.54 Å². The standard InChI is InChI=1S/C13H24N2O2/c1-3-7-16-8-9-17-12-5-6-13(10-12,11-14)15-4-2/h12,15H,3-10H2,1-2H3. The number of nitrogens with one attached hydrogen (secondary N) is 1. The fourth-order valence-electron chi connectivity index (χ4n) is 2.30. The van der Waals surface area contributed by atoms with Crippen LogP contribution >= 0.6 is 0 Å². The summed E-state index contributed by atoms with van der Waals surface area (Å²) in [5, 5.41) is 12.5. The first-order valence-electron chi connectivity index (χ1n) is 6.62. The van der Waals surface area contributed by atoms with Crippen molar-refractivity contribution < 1.29 is 9.47 Å². The van der Waals surface area contributed by atoms with Crippen LogP contribution in [0.4, 0.5) is 0 Å². The minimum Gasteiger partial charge on any atom is -0.379 e. The van der Waals surface area contributed by atoms with Crippen LogP contribution in [0.25, 0.3) is 0 Å². The van der Waals surface area contributed by atoms with Gasteiger partial charge in [-0.3, -0.25) is 5.32 Å². The van der Waals surface area contributed by atoms with E-state index in [2.05, 4.69) is 18.3 Å². The van der Waals surface area contributed by atoms with Gasteiger partial charge in [0.15, 0.2) is 0 Å². The molecular formula is C13H24N2O2. The highest BCUT2D eigenvalue weighted by Crippen LogP contribution is 2.31. The minimum atomic E-state index is -0.357. The van der Waals surface area contributed by atoms with Crippen LogP contribution in [0.2, 0.25) is 0 Å². The molecule has 0 radical (unpaired) electrons. The number of nitriles is 1. The van der Waals surface area contributed by atoms with Crippen LogP contribution < -0.4 is 5.32 Å². The summed E-state index contributed by atoms with van der Waals surface area (Å²) in [4.78, 5) is 0. The third-order valence-corrected chi connectivity index (χ3v) is 3.13. The predicted molar refractivity (Wildman–Crippen MR) is 66.7 cm³/mol. The van der Waals surface area contributed by atoms with Crippen molar-refractivity contribution in [3.05, 3.63) is 0 Å². The van der Waals surface area contributed by atoms with Gasteiger partial charge < -0.3 is 9.47 Å². The van der Waals surface area contributed by atoms with Crippen molar-refractivity contribution in [3.63, 3.8) is 0 Å². The van der Waals surface area contributed by atoms with Crippen molar-refractivity contribution in [2.24, 2.45) is 0 Å². The van der Waals surface area contributed by atoms with Gasteiger partial charge in [-0.15, -0.1) is 0 Å². The fraction of sp³-hybridized carbons (Fsp3) is 0.923. The second-order valence-corrected chi connectivity index (χ2v) is 4.57. The molecule has 2 unspecified atom stereocenters. The number of nitrogens with zero attached hydrogens (tertiary/aromatic N) is 1. The average Bonchev–Trinajstić information content (AvgIpc) is 2.74. The Morgan fingerprint density at radius 3 is 2.82 bits per heavy atom. The van der Waals surface area contributed by atoms with Crippen LogP contribution in [0.15, 0.2) is 0 Å². The summed E-state index contributed by atoms with van der Waals surface area (Å²) in [6.45, 7) is 7.05. The Balaban J connectivity index is 2.19. The SMILES string of the molecule is CCCOCCOC1CCC(C#N)(NCC)C1. The highest BCUT2D eigenvalue weighted by molar-refractivity contribution is 5.12. The Morgan fingerprint density at radius 1 is 1.35 bits per heavy atom. The van der Waals surface area contributed by atoms with E-state index in [1.165, 1.54) is 0 Å². The Kier molecular flexibility index (Phi) is 6.49. The molecule has 0 amide bonds. The van der Waals surface area contributed by atoms with Gasteiger partial charge in [-0.1, -0.05) is 13.8 Å². The van der Waals surface area contributed by atoms with Crippen LogP contribution in [0.1, 0.15) is 39.5 Å². The van der Waals surface area contributed by atoms with Gasteiger partial charge in [0.05, 0.1) is 25.4 Å². The average molecular weight is 240 g/mol. The summed E-state index contributed by atoms with van der Waals surface area (Å²) < 4.78 is 11.1. The van der Waals surface area contributed by atoms with E-state index < -0.39 is 0 Å². The lowest BCUT2D eigenvalue weighted by atomic mass is 10.00. The topological polar surface area (TPSA) is 54.3 Å². The monoisotopic (exact) mass is 240 g/mol. The van der Waals surface area contributed by atoms with E-state index in [9.17, 15) is 5.26 Å². The molecule has 0 aliphatic heterocycles. The zero-order chi connectivity index (χ0) is 12.6. The third-order valence-electron chi connectivity index (χ3n) is 3.13. The normalized spacial score (nSPS) is 28.2. The van der Waals surface area contributed by atoms with Crippen molar-refractivity contribution >= 4 is 0 Å². The van der Waals surface area contributed by atoms with E-state index in [1.807, 2.05) is 6.92 Å². The molecule has 4 nitrogen and oxygen atoms in total. The maximum absolute atomic E-state index is 9.21. The van der Waals surface area contributed by atoms with E-state index in [-0.39, 0.29) is 11.6 Å². The molecule has 98 valence electrons. The van der Waals surface area contributed by atoms with E-state index in [0.29, 0.717) is 13.2 Å². The number of ether oxygens (including phenoxy) is 2. The molecule has 1 fully saturated rings. The minimum absolute atomic E-state index is 0.207. The summed E-state index contributed by atoms with van der Waals surface area (Å²) in [6.07, 6.45) is 3.90. The summed E-state index contributed by atoms with van der Waals surface area (Å²) in [5.74, 6) is 0. The van der Waals surface area contributed by atoms with Crippen LogP contribution in [0.3, 0.4) is 0 Å². The van der Waals surface area contributed by atoms with Gasteiger partial charge >= 0.3 is 0 Å². The fourth-order valence-corrected chi connectivity index (χ4v) is 2.30. The van der Waals surface area contributed by atoms with Gasteiger partial charge in [0, 0.05) is 13.0 Å². The van der Waals surface area contributed by atoms with Gasteiger partial charge in [-0.2, -0.15) is 5.26 Å². The van der Waals surface area contributed by atoms with Crippen molar-refractivity contribution in [1.82, 2.24) is 5.32 Å². The van der Waals surface area contributed by atoms with Crippen LogP contribution in [0, 0.1) is 11.3 Å². The number of hydrogen-bond acceptors (Lipinski definition) is 4. The molecule has 0 saturated heterocycles. The molecule has 0 bridgehead atoms. The summed E-state index contributed by atoms with van der Waals surface area (Å²) in [7, 11) is 0. The highest BCUT2D eigenvalue weighted by atomic mass is 16.5. The molecule has 0 aromatic carbocycles. The number of hydrogen-bond donors (Lipinski definition) is 1. The third kappa shape index (κ3) is 4.63. The van der Waals surface area contributed by atoms with Crippen molar-refractivity contribution in [3.8, 4) is 6.07 Å². The molecule has 2 atom stereocenters. The lowest BCUT2D eigenvalue weighted by Crippen LogP contribution is -2.41. The summed E-state index contributed by atoms with van der Waals surface area (Å²) in [6, 6.07) is 2.40. The smallest absolute Gasteiger partial charge is 0.109 e. The van der Waals surface area contributed by atoms with Crippen molar-refractivity contribution in [1.29, 1.82) is 5.26 Å². The molecule has 0 aromatic heterocycles. The quantitative estimate of drug-likeness (QED) is 0.658. The Labute approximate surface area is 104 Å². The summed E-state index contributed by atoms with van der Waals surface area (Å²) >= 11 is 0. The maximum atomic E-state index is 9.21. The molecule has 0 heterocycles. The largest absolute Gasteiger partial charge is 0.379 e. The summed E-state index contributed by atoms with van der Waals surface area (Å²) in [5.41, 5.74) is -0.357. The Bertz CT molecular complexity index is 252. The molecule has 0 spiro atoms. The molecular weight excluding hydrogens is 216 g/mol. The van der Waals surface area contributed by atoms with Crippen molar-refractivity contribution in [2.75, 3.05) is 26.4 Å².